The van der Waals surface area contributed by atoms with E-state index in [1.807, 2.05) is 0 Å². The molecule has 4 nitrogen and oxygen atoms in total. The van der Waals surface area contributed by atoms with Gasteiger partial charge in [0.15, 0.2) is 10.3 Å². The topological polar surface area (TPSA) is 99.7 Å². The van der Waals surface area contributed by atoms with Crippen molar-refractivity contribution in [1.29, 1.82) is 10.8 Å². The highest BCUT2D eigenvalue weighted by molar-refractivity contribution is 8.13. The van der Waals surface area contributed by atoms with E-state index in [0.717, 1.165) is 29.8 Å². The summed E-state index contributed by atoms with van der Waals surface area (Å²) in [6, 6.07) is 0. The Morgan fingerprint density at radius 1 is 1.07 bits per heavy atom. The molecule has 1 aliphatic rings. The molecule has 0 bridgehead atoms. The molecule has 0 amide bonds. The van der Waals surface area contributed by atoms with E-state index in [1.165, 1.54) is 36.4 Å². The molecule has 6 heteroatoms. The van der Waals surface area contributed by atoms with Crippen LogP contribution >= 0.6 is 23.5 Å². The third kappa shape index (κ3) is 5.32. The van der Waals surface area contributed by atoms with Crippen molar-refractivity contribution in [3.05, 3.63) is 0 Å². The van der Waals surface area contributed by atoms with Crippen molar-refractivity contribution >= 4 is 33.9 Å². The van der Waals surface area contributed by atoms with Gasteiger partial charge in [0.1, 0.15) is 0 Å². The molecule has 0 heterocycles. The van der Waals surface area contributed by atoms with Gasteiger partial charge < -0.3 is 11.5 Å². The molecular formula is C9H18N4S2. The molecule has 1 fully saturated rings. The van der Waals surface area contributed by atoms with Crippen molar-refractivity contribution in [3.8, 4) is 0 Å². The Kier molecular flexibility index (Phi) is 5.31. The van der Waals surface area contributed by atoms with Gasteiger partial charge in [-0.25, -0.2) is 0 Å². The Morgan fingerprint density at radius 2 is 1.67 bits per heavy atom. The molecule has 6 N–H and O–H groups in total. The number of hydrogen-bond acceptors (Lipinski definition) is 4. The number of nitrogens with two attached hydrogens (primary N) is 2. The van der Waals surface area contributed by atoms with Crippen LogP contribution in [0, 0.1) is 22.7 Å². The molecule has 1 rings (SSSR count). The first-order chi connectivity index (χ1) is 7.08. The van der Waals surface area contributed by atoms with E-state index in [0.29, 0.717) is 0 Å². The van der Waals surface area contributed by atoms with Gasteiger partial charge in [-0.1, -0.05) is 23.5 Å². The molecule has 0 spiro atoms. The molecule has 0 unspecified atom stereocenters. The highest BCUT2D eigenvalue weighted by Crippen LogP contribution is 2.38. The minimum atomic E-state index is 0.220. The van der Waals surface area contributed by atoms with Gasteiger partial charge in [-0.15, -0.1) is 0 Å². The van der Waals surface area contributed by atoms with Crippen molar-refractivity contribution < 1.29 is 0 Å². The molecule has 0 aliphatic heterocycles. The predicted molar refractivity (Wildman–Crippen MR) is 69.6 cm³/mol. The summed E-state index contributed by atoms with van der Waals surface area (Å²) in [6.07, 6.45) is 3.66. The first-order valence-corrected chi connectivity index (χ1v) is 6.98. The molecule has 0 aromatic carbocycles. The highest BCUT2D eigenvalue weighted by atomic mass is 32.2. The zero-order chi connectivity index (χ0) is 11.3. The maximum Gasteiger partial charge on any atom is 0.151 e. The van der Waals surface area contributed by atoms with E-state index in [4.69, 9.17) is 22.3 Å². The highest BCUT2D eigenvalue weighted by Gasteiger charge is 2.28. The number of nitrogens with one attached hydrogen (secondary N) is 2. The lowest BCUT2D eigenvalue weighted by molar-refractivity contribution is 0.212. The Hall–Kier alpha value is -0.360. The molecule has 0 atom stereocenters. The Labute approximate surface area is 98.9 Å². The van der Waals surface area contributed by atoms with Crippen LogP contribution in [0.15, 0.2) is 0 Å². The lowest BCUT2D eigenvalue weighted by atomic mass is 9.75. The maximum absolute atomic E-state index is 7.10. The fourth-order valence-corrected chi connectivity index (χ4v) is 3.15. The molecule has 1 saturated carbocycles. The summed E-state index contributed by atoms with van der Waals surface area (Å²) >= 11 is 2.88. The van der Waals surface area contributed by atoms with E-state index < -0.39 is 0 Å². The van der Waals surface area contributed by atoms with Gasteiger partial charge in [-0.3, -0.25) is 10.8 Å². The molecule has 0 aromatic rings. The Bertz CT molecular complexity index is 238. The molecule has 86 valence electrons. The number of hydrogen-bond donors (Lipinski definition) is 4. The zero-order valence-corrected chi connectivity index (χ0v) is 10.3. The predicted octanol–water partition coefficient (Wildman–Crippen LogP) is 1.66. The van der Waals surface area contributed by atoms with E-state index in [1.54, 1.807) is 0 Å². The Morgan fingerprint density at radius 3 is 2.20 bits per heavy atom. The normalized spacial score (nSPS) is 24.5. The van der Waals surface area contributed by atoms with Gasteiger partial charge in [-0.05, 0) is 31.1 Å². The number of rotatable bonds is 5. The van der Waals surface area contributed by atoms with Crippen LogP contribution in [0.2, 0.25) is 0 Å². The molecule has 15 heavy (non-hydrogen) atoms. The summed E-state index contributed by atoms with van der Waals surface area (Å²) in [5, 5.41) is 14.6. The minimum Gasteiger partial charge on any atom is -0.379 e. The third-order valence-electron chi connectivity index (χ3n) is 2.59. The van der Waals surface area contributed by atoms with Crippen LogP contribution in [-0.4, -0.2) is 21.8 Å². The number of amidine groups is 2. The maximum atomic E-state index is 7.10. The van der Waals surface area contributed by atoms with Gasteiger partial charge in [0.05, 0.1) is 0 Å². The summed E-state index contributed by atoms with van der Waals surface area (Å²) < 4.78 is 0. The SMILES string of the molecule is N=C(N)SCCC1CC(CSC(=N)N)C1. The monoisotopic (exact) mass is 246 g/mol. The molecule has 0 radical (unpaired) electrons. The lowest BCUT2D eigenvalue weighted by Crippen LogP contribution is -2.27. The quantitative estimate of drug-likeness (QED) is 0.438. The molecule has 1 aliphatic carbocycles. The van der Waals surface area contributed by atoms with Crippen LogP contribution in [-0.2, 0) is 0 Å². The van der Waals surface area contributed by atoms with Crippen LogP contribution in [0.1, 0.15) is 19.3 Å². The second kappa shape index (κ2) is 6.27. The molecular weight excluding hydrogens is 228 g/mol. The molecule has 0 aromatic heterocycles. The van der Waals surface area contributed by atoms with Crippen LogP contribution < -0.4 is 11.5 Å². The average molecular weight is 246 g/mol. The summed E-state index contributed by atoms with van der Waals surface area (Å²) in [5.74, 6) is 3.50. The van der Waals surface area contributed by atoms with Crippen molar-refractivity contribution in [3.63, 3.8) is 0 Å². The Balaban J connectivity index is 1.95. The van der Waals surface area contributed by atoms with Crippen molar-refractivity contribution in [2.24, 2.45) is 23.3 Å². The first-order valence-electron chi connectivity index (χ1n) is 5.01. The standard InChI is InChI=1S/C9H18N4S2/c10-8(11)14-2-1-6-3-7(4-6)5-15-9(12)13/h6-7H,1-5H2,(H3,10,11)(H3,12,13). The van der Waals surface area contributed by atoms with Crippen molar-refractivity contribution in [2.75, 3.05) is 11.5 Å². The van der Waals surface area contributed by atoms with Gasteiger partial charge in [0.2, 0.25) is 0 Å². The van der Waals surface area contributed by atoms with Crippen LogP contribution in [0.5, 0.6) is 0 Å². The van der Waals surface area contributed by atoms with Crippen LogP contribution in [0.25, 0.3) is 0 Å². The van der Waals surface area contributed by atoms with Crippen LogP contribution in [0.4, 0.5) is 0 Å². The second-order valence-electron chi connectivity index (χ2n) is 3.88. The fourth-order valence-electron chi connectivity index (χ4n) is 1.79. The van der Waals surface area contributed by atoms with Gasteiger partial charge in [-0.2, -0.15) is 0 Å². The summed E-state index contributed by atoms with van der Waals surface area (Å²) in [7, 11) is 0. The van der Waals surface area contributed by atoms with Crippen LogP contribution in [0.3, 0.4) is 0 Å². The van der Waals surface area contributed by atoms with E-state index >= 15 is 0 Å². The summed E-state index contributed by atoms with van der Waals surface area (Å²) in [4.78, 5) is 0. The van der Waals surface area contributed by atoms with E-state index in [-0.39, 0.29) is 10.3 Å². The largest absolute Gasteiger partial charge is 0.379 e. The van der Waals surface area contributed by atoms with E-state index in [9.17, 15) is 0 Å². The van der Waals surface area contributed by atoms with Gasteiger partial charge >= 0.3 is 0 Å². The zero-order valence-electron chi connectivity index (χ0n) is 8.66. The smallest absolute Gasteiger partial charge is 0.151 e. The number of thioether (sulfide) groups is 2. The van der Waals surface area contributed by atoms with Gasteiger partial charge in [0, 0.05) is 11.5 Å². The van der Waals surface area contributed by atoms with Crippen molar-refractivity contribution in [2.45, 2.75) is 19.3 Å². The fraction of sp³-hybridized carbons (Fsp3) is 0.778. The lowest BCUT2D eigenvalue weighted by Gasteiger charge is -2.35. The molecule has 0 saturated heterocycles. The summed E-state index contributed by atoms with van der Waals surface area (Å²) in [5.41, 5.74) is 10.5. The van der Waals surface area contributed by atoms with Crippen molar-refractivity contribution in [1.82, 2.24) is 0 Å². The summed E-state index contributed by atoms with van der Waals surface area (Å²) in [6.45, 7) is 0. The van der Waals surface area contributed by atoms with E-state index in [2.05, 4.69) is 0 Å². The average Bonchev–Trinajstić information content (AvgIpc) is 2.06. The second-order valence-corrected chi connectivity index (χ2v) is 6.08. The minimum absolute atomic E-state index is 0.220. The third-order valence-corrected chi connectivity index (χ3v) is 4.29. The first kappa shape index (κ1) is 12.7. The van der Waals surface area contributed by atoms with Gasteiger partial charge in [0.25, 0.3) is 0 Å².